The third-order valence-electron chi connectivity index (χ3n) is 3.22. The van der Waals surface area contributed by atoms with Crippen LogP contribution in [0.4, 0.5) is 11.4 Å². The second-order valence-corrected chi connectivity index (χ2v) is 5.18. The summed E-state index contributed by atoms with van der Waals surface area (Å²) in [6.07, 6.45) is -0.837. The number of non-ortho nitro benzene ring substituents is 1. The lowest BCUT2D eigenvalue weighted by molar-refractivity contribution is -0.384. The molecule has 118 valence electrons. The minimum atomic E-state index is -0.837. The van der Waals surface area contributed by atoms with Gasteiger partial charge in [0, 0.05) is 12.1 Å². The highest BCUT2D eigenvalue weighted by atomic mass is 35.5. The fourth-order valence-corrected chi connectivity index (χ4v) is 2.30. The summed E-state index contributed by atoms with van der Waals surface area (Å²) in [6, 6.07) is 10.8. The first-order chi connectivity index (χ1) is 11.0. The van der Waals surface area contributed by atoms with Gasteiger partial charge in [-0.1, -0.05) is 23.7 Å². The van der Waals surface area contributed by atoms with Crippen molar-refractivity contribution in [1.29, 1.82) is 0 Å². The molecular formula is C15H11ClN2O5. The maximum atomic E-state index is 12.2. The molecule has 1 aliphatic rings. The number of halogens is 1. The molecule has 23 heavy (non-hydrogen) atoms. The highest BCUT2D eigenvalue weighted by molar-refractivity contribution is 6.34. The molecule has 0 aliphatic carbocycles. The predicted octanol–water partition coefficient (Wildman–Crippen LogP) is 3.03. The molecule has 1 N–H and O–H groups in total. The fourth-order valence-electron chi connectivity index (χ4n) is 2.08. The van der Waals surface area contributed by atoms with Crippen LogP contribution in [0.2, 0.25) is 5.02 Å². The first-order valence-corrected chi connectivity index (χ1v) is 7.05. The highest BCUT2D eigenvalue weighted by Crippen LogP contribution is 2.32. The van der Waals surface area contributed by atoms with Crippen LogP contribution in [-0.2, 0) is 4.79 Å². The Hall–Kier alpha value is -2.80. The van der Waals surface area contributed by atoms with Crippen LogP contribution in [0.15, 0.2) is 42.5 Å². The maximum absolute atomic E-state index is 12.2. The molecule has 0 radical (unpaired) electrons. The molecule has 2 aromatic rings. The number of ether oxygens (including phenoxy) is 2. The van der Waals surface area contributed by atoms with Gasteiger partial charge in [0.25, 0.3) is 11.6 Å². The Kier molecular flexibility index (Phi) is 4.03. The van der Waals surface area contributed by atoms with Crippen molar-refractivity contribution in [1.82, 2.24) is 0 Å². The van der Waals surface area contributed by atoms with Crippen molar-refractivity contribution in [2.45, 2.75) is 6.10 Å². The molecule has 0 bridgehead atoms. The molecule has 0 fully saturated rings. The van der Waals surface area contributed by atoms with E-state index in [1.165, 1.54) is 18.2 Å². The molecule has 2 aromatic carbocycles. The molecule has 1 atom stereocenters. The summed E-state index contributed by atoms with van der Waals surface area (Å²) in [5.74, 6) is 0.605. The fraction of sp³-hybridized carbons (Fsp3) is 0.133. The number of hydrogen-bond donors (Lipinski definition) is 1. The van der Waals surface area contributed by atoms with Crippen LogP contribution in [0, 0.1) is 10.1 Å². The van der Waals surface area contributed by atoms with Crippen LogP contribution in [0.25, 0.3) is 0 Å². The lowest BCUT2D eigenvalue weighted by Gasteiger charge is -2.25. The van der Waals surface area contributed by atoms with Gasteiger partial charge in [0.2, 0.25) is 6.10 Å². The number of para-hydroxylation sites is 2. The molecule has 1 amide bonds. The van der Waals surface area contributed by atoms with Crippen LogP contribution in [0.5, 0.6) is 11.5 Å². The predicted molar refractivity (Wildman–Crippen MR) is 83.1 cm³/mol. The number of carbonyl (C=O) groups is 1. The number of benzene rings is 2. The molecule has 0 aromatic heterocycles. The van der Waals surface area contributed by atoms with E-state index in [1.54, 1.807) is 24.3 Å². The second-order valence-electron chi connectivity index (χ2n) is 4.77. The van der Waals surface area contributed by atoms with Crippen LogP contribution < -0.4 is 14.8 Å². The largest absolute Gasteiger partial charge is 0.485 e. The Morgan fingerprint density at radius 2 is 2.00 bits per heavy atom. The van der Waals surface area contributed by atoms with E-state index in [2.05, 4.69) is 5.32 Å². The van der Waals surface area contributed by atoms with E-state index in [1.807, 2.05) is 0 Å². The van der Waals surface area contributed by atoms with E-state index >= 15 is 0 Å². The van der Waals surface area contributed by atoms with E-state index in [0.717, 1.165) is 0 Å². The van der Waals surface area contributed by atoms with Gasteiger partial charge in [-0.15, -0.1) is 0 Å². The van der Waals surface area contributed by atoms with E-state index in [-0.39, 0.29) is 23.0 Å². The number of nitrogens with zero attached hydrogens (tertiary/aromatic N) is 1. The van der Waals surface area contributed by atoms with E-state index in [4.69, 9.17) is 21.1 Å². The van der Waals surface area contributed by atoms with Crippen molar-refractivity contribution < 1.29 is 19.2 Å². The van der Waals surface area contributed by atoms with Crippen LogP contribution >= 0.6 is 11.6 Å². The lowest BCUT2D eigenvalue weighted by Crippen LogP contribution is -2.40. The topological polar surface area (TPSA) is 90.7 Å². The monoisotopic (exact) mass is 334 g/mol. The SMILES string of the molecule is O=C(Nc1ccc([N+](=O)[O-])cc1Cl)[C@H]1COc2ccccc2O1. The summed E-state index contributed by atoms with van der Waals surface area (Å²) < 4.78 is 11.0. The van der Waals surface area contributed by atoms with Gasteiger partial charge in [0.15, 0.2) is 11.5 Å². The second kappa shape index (κ2) is 6.13. The summed E-state index contributed by atoms with van der Waals surface area (Å²) >= 11 is 5.95. The van der Waals surface area contributed by atoms with Gasteiger partial charge >= 0.3 is 0 Å². The smallest absolute Gasteiger partial charge is 0.271 e. The van der Waals surface area contributed by atoms with Crippen molar-refractivity contribution in [3.63, 3.8) is 0 Å². The van der Waals surface area contributed by atoms with Gasteiger partial charge in [-0.3, -0.25) is 14.9 Å². The number of nitro groups is 1. The molecule has 0 unspecified atom stereocenters. The Labute approximate surface area is 135 Å². The van der Waals surface area contributed by atoms with Gasteiger partial charge in [-0.2, -0.15) is 0 Å². The van der Waals surface area contributed by atoms with Crippen molar-refractivity contribution in [3.8, 4) is 11.5 Å². The quantitative estimate of drug-likeness (QED) is 0.688. The van der Waals surface area contributed by atoms with Crippen LogP contribution in [-0.4, -0.2) is 23.5 Å². The summed E-state index contributed by atoms with van der Waals surface area (Å²) in [7, 11) is 0. The van der Waals surface area contributed by atoms with Gasteiger partial charge in [-0.05, 0) is 18.2 Å². The zero-order valence-electron chi connectivity index (χ0n) is 11.7. The number of nitro benzene ring substituents is 1. The normalized spacial score (nSPS) is 15.8. The average molecular weight is 335 g/mol. The standard InChI is InChI=1S/C15H11ClN2O5/c16-10-7-9(18(20)21)5-6-11(10)17-15(19)14-8-22-12-3-1-2-4-13(12)23-14/h1-7,14H,8H2,(H,17,19)/t14-/m1/s1. The molecule has 0 spiro atoms. The molecule has 0 saturated heterocycles. The Morgan fingerprint density at radius 3 is 2.70 bits per heavy atom. The van der Waals surface area contributed by atoms with Crippen molar-refractivity contribution in [2.75, 3.05) is 11.9 Å². The average Bonchev–Trinajstić information content (AvgIpc) is 2.56. The summed E-state index contributed by atoms with van der Waals surface area (Å²) in [6.45, 7) is 0.0629. The Bertz CT molecular complexity index is 780. The Balaban J connectivity index is 1.72. The summed E-state index contributed by atoms with van der Waals surface area (Å²) in [5, 5.41) is 13.3. The minimum absolute atomic E-state index is 0.0629. The summed E-state index contributed by atoms with van der Waals surface area (Å²) in [5.41, 5.74) is 0.115. The number of hydrogen-bond acceptors (Lipinski definition) is 5. The number of nitrogens with one attached hydrogen (secondary N) is 1. The molecule has 1 heterocycles. The highest BCUT2D eigenvalue weighted by Gasteiger charge is 2.27. The maximum Gasteiger partial charge on any atom is 0.271 e. The van der Waals surface area contributed by atoms with Crippen molar-refractivity contribution >= 4 is 28.9 Å². The number of anilines is 1. The van der Waals surface area contributed by atoms with Crippen molar-refractivity contribution in [2.24, 2.45) is 0 Å². The molecular weight excluding hydrogens is 324 g/mol. The molecule has 7 nitrogen and oxygen atoms in total. The first kappa shape index (κ1) is 15.1. The third kappa shape index (κ3) is 3.19. The van der Waals surface area contributed by atoms with E-state index < -0.39 is 16.9 Å². The molecule has 3 rings (SSSR count). The van der Waals surface area contributed by atoms with Crippen LogP contribution in [0.3, 0.4) is 0 Å². The van der Waals surface area contributed by atoms with Crippen molar-refractivity contribution in [3.05, 3.63) is 57.6 Å². The van der Waals surface area contributed by atoms with E-state index in [0.29, 0.717) is 11.5 Å². The van der Waals surface area contributed by atoms with Crippen LogP contribution in [0.1, 0.15) is 0 Å². The zero-order chi connectivity index (χ0) is 16.4. The zero-order valence-corrected chi connectivity index (χ0v) is 12.4. The molecule has 8 heteroatoms. The van der Waals surface area contributed by atoms with E-state index in [9.17, 15) is 14.9 Å². The van der Waals surface area contributed by atoms with Gasteiger partial charge in [0.1, 0.15) is 6.61 Å². The first-order valence-electron chi connectivity index (χ1n) is 6.68. The summed E-state index contributed by atoms with van der Waals surface area (Å²) in [4.78, 5) is 22.4. The number of fused-ring (bicyclic) bond motifs is 1. The number of rotatable bonds is 3. The van der Waals surface area contributed by atoms with Gasteiger partial charge in [-0.25, -0.2) is 0 Å². The molecule has 1 aliphatic heterocycles. The number of carbonyl (C=O) groups excluding carboxylic acids is 1. The minimum Gasteiger partial charge on any atom is -0.485 e. The van der Waals surface area contributed by atoms with Gasteiger partial charge < -0.3 is 14.8 Å². The lowest BCUT2D eigenvalue weighted by atomic mass is 10.2. The number of amides is 1. The molecule has 0 saturated carbocycles. The Morgan fingerprint density at radius 1 is 1.26 bits per heavy atom. The third-order valence-corrected chi connectivity index (χ3v) is 3.54. The van der Waals surface area contributed by atoms with Gasteiger partial charge in [0.05, 0.1) is 15.6 Å².